The molecule has 1 N–H and O–H groups in total. The molecule has 1 amide bonds. The number of amides is 1. The molecule has 0 bridgehead atoms. The van der Waals surface area contributed by atoms with E-state index < -0.39 is 22.0 Å². The van der Waals surface area contributed by atoms with Crippen LogP contribution in [0.4, 0.5) is 0 Å². The summed E-state index contributed by atoms with van der Waals surface area (Å²) in [5.74, 6) is -0.622. The van der Waals surface area contributed by atoms with Crippen LogP contribution in [0.5, 0.6) is 0 Å². The van der Waals surface area contributed by atoms with Crippen molar-refractivity contribution in [3.63, 3.8) is 0 Å². The number of hydrogen-bond donors (Lipinski definition) is 1. The molecule has 7 heteroatoms. The van der Waals surface area contributed by atoms with Crippen LogP contribution in [-0.2, 0) is 14.6 Å². The number of carbonyl (C=O) groups is 1. The minimum atomic E-state index is -3.24. The standard InChI is InChI=1S/C9H18N2O4S/c1-4-9(13)11(10(2)3)7-5-16(14,15)6-8(7)12/h7-8,12H,4-6H2,1-3H3. The summed E-state index contributed by atoms with van der Waals surface area (Å²) in [4.78, 5) is 11.7. The normalized spacial score (nSPS) is 28.3. The molecule has 1 aliphatic rings. The van der Waals surface area contributed by atoms with E-state index in [1.807, 2.05) is 0 Å². The third-order valence-corrected chi connectivity index (χ3v) is 4.30. The molecule has 94 valence electrons. The van der Waals surface area contributed by atoms with Gasteiger partial charge in [0.05, 0.1) is 23.7 Å². The van der Waals surface area contributed by atoms with E-state index >= 15 is 0 Å². The third kappa shape index (κ3) is 2.72. The molecule has 16 heavy (non-hydrogen) atoms. The fourth-order valence-electron chi connectivity index (χ4n) is 1.91. The molecule has 0 aromatic rings. The van der Waals surface area contributed by atoms with E-state index in [0.717, 1.165) is 0 Å². The Kier molecular flexibility index (Phi) is 3.92. The number of nitrogens with zero attached hydrogens (tertiary/aromatic N) is 2. The number of carbonyl (C=O) groups excluding carboxylic acids is 1. The largest absolute Gasteiger partial charge is 0.390 e. The predicted octanol–water partition coefficient (Wildman–Crippen LogP) is -1.14. The lowest BCUT2D eigenvalue weighted by Gasteiger charge is -2.35. The van der Waals surface area contributed by atoms with Gasteiger partial charge in [-0.15, -0.1) is 0 Å². The summed E-state index contributed by atoms with van der Waals surface area (Å²) in [5, 5.41) is 12.5. The predicted molar refractivity (Wildman–Crippen MR) is 59.3 cm³/mol. The molecule has 1 rings (SSSR count). The zero-order valence-corrected chi connectivity index (χ0v) is 10.6. The number of rotatable bonds is 3. The van der Waals surface area contributed by atoms with Gasteiger partial charge in [0.25, 0.3) is 0 Å². The molecule has 1 heterocycles. The van der Waals surface area contributed by atoms with Crippen LogP contribution in [0.2, 0.25) is 0 Å². The Labute approximate surface area is 95.7 Å². The van der Waals surface area contributed by atoms with E-state index in [1.165, 1.54) is 10.0 Å². The molecule has 6 nitrogen and oxygen atoms in total. The van der Waals surface area contributed by atoms with Gasteiger partial charge in [0.2, 0.25) is 5.91 Å². The van der Waals surface area contributed by atoms with E-state index in [0.29, 0.717) is 0 Å². The lowest BCUT2D eigenvalue weighted by atomic mass is 10.2. The average molecular weight is 250 g/mol. The second-order valence-electron chi connectivity index (χ2n) is 4.15. The highest BCUT2D eigenvalue weighted by atomic mass is 32.2. The maximum Gasteiger partial charge on any atom is 0.236 e. The van der Waals surface area contributed by atoms with Crippen molar-refractivity contribution < 1.29 is 18.3 Å². The van der Waals surface area contributed by atoms with Crippen LogP contribution in [-0.4, -0.2) is 67.2 Å². The number of hydrogen-bond acceptors (Lipinski definition) is 5. The second kappa shape index (κ2) is 4.68. The maximum atomic E-state index is 11.7. The van der Waals surface area contributed by atoms with Gasteiger partial charge in [0, 0.05) is 20.5 Å². The summed E-state index contributed by atoms with van der Waals surface area (Å²) in [6.45, 7) is 1.70. The minimum absolute atomic E-state index is 0.169. The van der Waals surface area contributed by atoms with Gasteiger partial charge in [-0.2, -0.15) is 0 Å². The van der Waals surface area contributed by atoms with Crippen molar-refractivity contribution in [3.8, 4) is 0 Å². The lowest BCUT2D eigenvalue weighted by molar-refractivity contribution is -0.152. The highest BCUT2D eigenvalue weighted by molar-refractivity contribution is 7.91. The molecule has 1 fully saturated rings. The van der Waals surface area contributed by atoms with E-state index in [2.05, 4.69) is 0 Å². The topological polar surface area (TPSA) is 77.9 Å². The highest BCUT2D eigenvalue weighted by Crippen LogP contribution is 2.19. The second-order valence-corrected chi connectivity index (χ2v) is 6.30. The van der Waals surface area contributed by atoms with Gasteiger partial charge in [-0.05, 0) is 0 Å². The zero-order chi connectivity index (χ0) is 12.5. The average Bonchev–Trinajstić information content (AvgIpc) is 2.39. The molecule has 0 aromatic carbocycles. The zero-order valence-electron chi connectivity index (χ0n) is 9.75. The fourth-order valence-corrected chi connectivity index (χ4v) is 3.67. The molecule has 0 aliphatic carbocycles. The first kappa shape index (κ1) is 13.4. The number of aliphatic hydroxyl groups excluding tert-OH is 1. The molecule has 0 aromatic heterocycles. The Balaban J connectivity index is 2.93. The molecular formula is C9H18N2O4S. The summed E-state index contributed by atoms with van der Waals surface area (Å²) in [6.07, 6.45) is -0.718. The first-order valence-electron chi connectivity index (χ1n) is 5.16. The maximum absolute atomic E-state index is 11.7. The number of aliphatic hydroxyl groups is 1. The van der Waals surface area contributed by atoms with E-state index in [9.17, 15) is 18.3 Å². The van der Waals surface area contributed by atoms with Crippen LogP contribution >= 0.6 is 0 Å². The molecule has 1 aliphatic heterocycles. The van der Waals surface area contributed by atoms with Crippen molar-refractivity contribution in [1.82, 2.24) is 10.0 Å². The SMILES string of the molecule is CCC(=O)N(C1CS(=O)(=O)CC1O)N(C)C. The molecule has 1 saturated heterocycles. The van der Waals surface area contributed by atoms with Gasteiger partial charge in [0.1, 0.15) is 0 Å². The summed E-state index contributed by atoms with van der Waals surface area (Å²) >= 11 is 0. The Morgan fingerprint density at radius 3 is 2.25 bits per heavy atom. The van der Waals surface area contributed by atoms with Crippen molar-refractivity contribution in [2.45, 2.75) is 25.5 Å². The monoisotopic (exact) mass is 250 g/mol. The summed E-state index contributed by atoms with van der Waals surface area (Å²) in [6, 6.07) is -0.660. The smallest absolute Gasteiger partial charge is 0.236 e. The third-order valence-electron chi connectivity index (χ3n) is 2.60. The summed E-state index contributed by atoms with van der Waals surface area (Å²) in [5.41, 5.74) is 0. The quantitative estimate of drug-likeness (QED) is 0.641. The van der Waals surface area contributed by atoms with Crippen molar-refractivity contribution in [1.29, 1.82) is 0 Å². The molecule has 0 saturated carbocycles. The highest BCUT2D eigenvalue weighted by Gasteiger charge is 2.42. The van der Waals surface area contributed by atoms with Crippen molar-refractivity contribution in [2.24, 2.45) is 0 Å². The van der Waals surface area contributed by atoms with Crippen molar-refractivity contribution in [2.75, 3.05) is 25.6 Å². The van der Waals surface area contributed by atoms with Crippen LogP contribution in [0.25, 0.3) is 0 Å². The molecule has 0 spiro atoms. The molecular weight excluding hydrogens is 232 g/mol. The van der Waals surface area contributed by atoms with Gasteiger partial charge in [-0.3, -0.25) is 9.80 Å². The summed E-state index contributed by atoms with van der Waals surface area (Å²) < 4.78 is 22.7. The van der Waals surface area contributed by atoms with Crippen molar-refractivity contribution in [3.05, 3.63) is 0 Å². The minimum Gasteiger partial charge on any atom is -0.390 e. The van der Waals surface area contributed by atoms with E-state index in [4.69, 9.17) is 0 Å². The van der Waals surface area contributed by atoms with Crippen LogP contribution in [0.1, 0.15) is 13.3 Å². The lowest BCUT2D eigenvalue weighted by Crippen LogP contribution is -2.53. The van der Waals surface area contributed by atoms with Crippen LogP contribution in [0.15, 0.2) is 0 Å². The van der Waals surface area contributed by atoms with Gasteiger partial charge in [-0.25, -0.2) is 13.4 Å². The summed E-state index contributed by atoms with van der Waals surface area (Å²) in [7, 11) is 0.0804. The number of hydrazine groups is 1. The first-order chi connectivity index (χ1) is 7.28. The van der Waals surface area contributed by atoms with Crippen LogP contribution < -0.4 is 0 Å². The fraction of sp³-hybridized carbons (Fsp3) is 0.889. The number of sulfone groups is 1. The molecule has 0 radical (unpaired) electrons. The Morgan fingerprint density at radius 2 is 1.94 bits per heavy atom. The van der Waals surface area contributed by atoms with E-state index in [1.54, 1.807) is 21.0 Å². The van der Waals surface area contributed by atoms with Crippen molar-refractivity contribution >= 4 is 15.7 Å². The Bertz CT molecular complexity index is 366. The van der Waals surface area contributed by atoms with Gasteiger partial charge in [0.15, 0.2) is 9.84 Å². The van der Waals surface area contributed by atoms with E-state index in [-0.39, 0.29) is 23.8 Å². The van der Waals surface area contributed by atoms with Gasteiger partial charge in [-0.1, -0.05) is 6.92 Å². The first-order valence-corrected chi connectivity index (χ1v) is 6.98. The van der Waals surface area contributed by atoms with Crippen LogP contribution in [0.3, 0.4) is 0 Å². The van der Waals surface area contributed by atoms with Gasteiger partial charge < -0.3 is 5.11 Å². The Hall–Kier alpha value is -0.660. The van der Waals surface area contributed by atoms with Gasteiger partial charge >= 0.3 is 0 Å². The molecule has 2 unspecified atom stereocenters. The van der Waals surface area contributed by atoms with Crippen LogP contribution in [0, 0.1) is 0 Å². The Morgan fingerprint density at radius 1 is 1.38 bits per heavy atom. The molecule has 2 atom stereocenters.